The van der Waals surface area contributed by atoms with Crippen molar-refractivity contribution in [2.75, 3.05) is 0 Å². The van der Waals surface area contributed by atoms with Crippen LogP contribution in [0.5, 0.6) is 5.88 Å². The van der Waals surface area contributed by atoms with Crippen LogP contribution in [0.25, 0.3) is 11.1 Å². The Balaban J connectivity index is 2.34. The number of esters is 1. The molecule has 2 rings (SSSR count). The lowest BCUT2D eigenvalue weighted by molar-refractivity contribution is -0.0501. The van der Waals surface area contributed by atoms with Crippen LogP contribution < -0.4 is 4.18 Å². The third-order valence-corrected chi connectivity index (χ3v) is 4.02. The molecule has 0 fully saturated rings. The Morgan fingerprint density at radius 3 is 2.15 bits per heavy atom. The van der Waals surface area contributed by atoms with Crippen molar-refractivity contribution in [2.24, 2.45) is 0 Å². The number of carbonyl (C=O) groups is 1. The smallest absolute Gasteiger partial charge is 0.456 e. The van der Waals surface area contributed by atoms with Crippen molar-refractivity contribution in [2.45, 2.75) is 31.9 Å². The number of aromatic nitrogens is 1. The lowest BCUT2D eigenvalue weighted by Crippen LogP contribution is -2.28. The highest BCUT2D eigenvalue weighted by molar-refractivity contribution is 7.88. The van der Waals surface area contributed by atoms with Crippen LogP contribution in [0.15, 0.2) is 42.6 Å². The number of ether oxygens (including phenoxy) is 1. The van der Waals surface area contributed by atoms with Crippen molar-refractivity contribution in [3.63, 3.8) is 0 Å². The van der Waals surface area contributed by atoms with E-state index in [0.29, 0.717) is 5.56 Å². The first-order valence-electron chi connectivity index (χ1n) is 7.60. The minimum Gasteiger partial charge on any atom is -0.456 e. The van der Waals surface area contributed by atoms with Gasteiger partial charge in [0.1, 0.15) is 5.60 Å². The summed E-state index contributed by atoms with van der Waals surface area (Å²) in [4.78, 5) is 15.6. The first kappa shape index (κ1) is 20.7. The van der Waals surface area contributed by atoms with E-state index in [9.17, 15) is 26.4 Å². The molecule has 10 heteroatoms. The number of halogens is 3. The molecule has 146 valence electrons. The van der Waals surface area contributed by atoms with Gasteiger partial charge in [-0.3, -0.25) is 0 Å². The van der Waals surface area contributed by atoms with Gasteiger partial charge in [0, 0.05) is 11.8 Å². The monoisotopic (exact) mass is 403 g/mol. The first-order valence-corrected chi connectivity index (χ1v) is 9.00. The molecule has 0 saturated heterocycles. The fourth-order valence-corrected chi connectivity index (χ4v) is 2.39. The molecule has 0 radical (unpaired) electrons. The van der Waals surface area contributed by atoms with E-state index in [0.717, 1.165) is 6.20 Å². The second-order valence-corrected chi connectivity index (χ2v) is 7.96. The summed E-state index contributed by atoms with van der Waals surface area (Å²) < 4.78 is 69.4. The van der Waals surface area contributed by atoms with Crippen molar-refractivity contribution >= 4 is 16.1 Å². The molecule has 0 bridgehead atoms. The number of pyridine rings is 1. The molecule has 0 aliphatic carbocycles. The zero-order chi connectivity index (χ0) is 20.5. The third kappa shape index (κ3) is 5.19. The molecule has 0 atom stereocenters. The summed E-state index contributed by atoms with van der Waals surface area (Å²) in [5.41, 5.74) is -5.72. The zero-order valence-electron chi connectivity index (χ0n) is 14.6. The first-order chi connectivity index (χ1) is 12.3. The van der Waals surface area contributed by atoms with Crippen LogP contribution in [0, 0.1) is 0 Å². The average molecular weight is 403 g/mol. The van der Waals surface area contributed by atoms with Crippen LogP contribution in [0.4, 0.5) is 13.2 Å². The summed E-state index contributed by atoms with van der Waals surface area (Å²) in [6.45, 7) is 5.12. The molecular formula is C17H16F3NO5S. The van der Waals surface area contributed by atoms with Gasteiger partial charge in [0.15, 0.2) is 0 Å². The number of benzene rings is 1. The van der Waals surface area contributed by atoms with Gasteiger partial charge in [-0.2, -0.15) is 21.6 Å². The Kier molecular flexibility index (Phi) is 5.50. The Morgan fingerprint density at radius 1 is 1.04 bits per heavy atom. The molecule has 1 heterocycles. The van der Waals surface area contributed by atoms with Gasteiger partial charge >= 0.3 is 21.6 Å². The van der Waals surface area contributed by atoms with Crippen LogP contribution in [0.3, 0.4) is 0 Å². The van der Waals surface area contributed by atoms with E-state index in [-0.39, 0.29) is 11.1 Å². The zero-order valence-corrected chi connectivity index (χ0v) is 15.4. The van der Waals surface area contributed by atoms with Crippen LogP contribution >= 0.6 is 0 Å². The standard InChI is InChI=1S/C17H16F3NO5S/c1-16(2,3)25-15(22)12-8-6-11(7-9-12)13-5-4-10-21-14(13)26-27(23,24)17(18,19)20/h4-10H,1-3H3. The highest BCUT2D eigenvalue weighted by atomic mass is 32.2. The Morgan fingerprint density at radius 2 is 1.63 bits per heavy atom. The topological polar surface area (TPSA) is 82.6 Å². The largest absolute Gasteiger partial charge is 0.534 e. The van der Waals surface area contributed by atoms with Crippen molar-refractivity contribution in [3.8, 4) is 17.0 Å². The number of hydrogen-bond acceptors (Lipinski definition) is 6. The minimum absolute atomic E-state index is 0.0149. The lowest BCUT2D eigenvalue weighted by Gasteiger charge is -2.19. The van der Waals surface area contributed by atoms with E-state index in [1.54, 1.807) is 20.8 Å². The van der Waals surface area contributed by atoms with E-state index in [2.05, 4.69) is 9.17 Å². The van der Waals surface area contributed by atoms with Gasteiger partial charge in [-0.25, -0.2) is 9.78 Å². The molecule has 2 aromatic rings. The fourth-order valence-electron chi connectivity index (χ4n) is 1.95. The Bertz CT molecular complexity index is 932. The molecule has 0 spiro atoms. The van der Waals surface area contributed by atoms with Crippen molar-refractivity contribution in [1.29, 1.82) is 0 Å². The van der Waals surface area contributed by atoms with E-state index in [1.165, 1.54) is 36.4 Å². The SMILES string of the molecule is CC(C)(C)OC(=O)c1ccc(-c2cccnc2OS(=O)(=O)C(F)(F)F)cc1. The van der Waals surface area contributed by atoms with Gasteiger partial charge in [0.25, 0.3) is 0 Å². The predicted molar refractivity (Wildman–Crippen MR) is 90.4 cm³/mol. The maximum absolute atomic E-state index is 12.5. The highest BCUT2D eigenvalue weighted by Crippen LogP contribution is 2.32. The number of carbonyl (C=O) groups excluding carboxylic acids is 1. The van der Waals surface area contributed by atoms with E-state index in [1.807, 2.05) is 0 Å². The molecule has 27 heavy (non-hydrogen) atoms. The second-order valence-electron chi connectivity index (χ2n) is 6.42. The molecule has 0 aliphatic rings. The fraction of sp³-hybridized carbons (Fsp3) is 0.294. The van der Waals surface area contributed by atoms with Gasteiger partial charge in [-0.1, -0.05) is 12.1 Å². The van der Waals surface area contributed by atoms with Crippen LogP contribution in [0.1, 0.15) is 31.1 Å². The van der Waals surface area contributed by atoms with Gasteiger partial charge in [-0.15, -0.1) is 0 Å². The highest BCUT2D eigenvalue weighted by Gasteiger charge is 2.49. The Labute approximate surface area is 154 Å². The maximum Gasteiger partial charge on any atom is 0.534 e. The summed E-state index contributed by atoms with van der Waals surface area (Å²) in [5, 5.41) is 0. The van der Waals surface area contributed by atoms with E-state index < -0.39 is 33.1 Å². The molecule has 0 saturated carbocycles. The van der Waals surface area contributed by atoms with Crippen LogP contribution in [-0.2, 0) is 14.9 Å². The van der Waals surface area contributed by atoms with Gasteiger partial charge in [0.2, 0.25) is 5.88 Å². The normalized spacial score (nSPS) is 12.5. The molecular weight excluding hydrogens is 387 g/mol. The summed E-state index contributed by atoms with van der Waals surface area (Å²) in [7, 11) is -5.86. The van der Waals surface area contributed by atoms with Gasteiger partial charge in [0.05, 0.1) is 5.56 Å². The third-order valence-electron chi connectivity index (χ3n) is 3.07. The van der Waals surface area contributed by atoms with Crippen LogP contribution in [-0.4, -0.2) is 30.5 Å². The van der Waals surface area contributed by atoms with Gasteiger partial charge in [-0.05, 0) is 50.6 Å². The molecule has 0 unspecified atom stereocenters. The van der Waals surface area contributed by atoms with Crippen molar-refractivity contribution in [3.05, 3.63) is 48.2 Å². The summed E-state index contributed by atoms with van der Waals surface area (Å²) in [5.74, 6) is -1.30. The predicted octanol–water partition coefficient (Wildman–Crippen LogP) is 3.93. The number of rotatable bonds is 4. The summed E-state index contributed by atoms with van der Waals surface area (Å²) in [6, 6.07) is 8.39. The van der Waals surface area contributed by atoms with Crippen molar-refractivity contribution in [1.82, 2.24) is 4.98 Å². The molecule has 6 nitrogen and oxygen atoms in total. The van der Waals surface area contributed by atoms with Crippen molar-refractivity contribution < 1.29 is 35.3 Å². The molecule has 0 aliphatic heterocycles. The molecule has 1 aromatic heterocycles. The summed E-state index contributed by atoms with van der Waals surface area (Å²) >= 11 is 0. The van der Waals surface area contributed by atoms with E-state index >= 15 is 0 Å². The van der Waals surface area contributed by atoms with Gasteiger partial charge < -0.3 is 8.92 Å². The minimum atomic E-state index is -5.86. The van der Waals surface area contributed by atoms with E-state index in [4.69, 9.17) is 4.74 Å². The molecule has 1 aromatic carbocycles. The molecule has 0 amide bonds. The quantitative estimate of drug-likeness (QED) is 0.437. The number of hydrogen-bond donors (Lipinski definition) is 0. The number of alkyl halides is 3. The Hall–Kier alpha value is -2.62. The maximum atomic E-state index is 12.5. The number of nitrogens with zero attached hydrogens (tertiary/aromatic N) is 1. The second kappa shape index (κ2) is 7.18. The molecule has 0 N–H and O–H groups in total. The summed E-state index contributed by atoms with van der Waals surface area (Å²) in [6.07, 6.45) is 1.10. The average Bonchev–Trinajstić information content (AvgIpc) is 2.52. The van der Waals surface area contributed by atoms with Crippen LogP contribution in [0.2, 0.25) is 0 Å². The lowest BCUT2D eigenvalue weighted by atomic mass is 10.0.